The van der Waals surface area contributed by atoms with Gasteiger partial charge in [0.25, 0.3) is 0 Å². The second kappa shape index (κ2) is 4.78. The van der Waals surface area contributed by atoms with Gasteiger partial charge < -0.3 is 10.6 Å². The molecule has 1 heterocycles. The maximum Gasteiger partial charge on any atom is 0.146 e. The van der Waals surface area contributed by atoms with Crippen molar-refractivity contribution in [2.45, 2.75) is 6.92 Å². The second-order valence-corrected chi connectivity index (χ2v) is 3.65. The molecule has 0 unspecified atom stereocenters. The average molecular weight is 232 g/mol. The Kier molecular flexibility index (Phi) is 3.18. The van der Waals surface area contributed by atoms with Crippen LogP contribution in [0, 0.1) is 12.7 Å². The molecule has 2 aromatic rings. The van der Waals surface area contributed by atoms with E-state index < -0.39 is 0 Å². The number of hydrogen-bond acceptors (Lipinski definition) is 4. The van der Waals surface area contributed by atoms with Gasteiger partial charge in [0, 0.05) is 13.1 Å². The minimum atomic E-state index is -0.297. The summed E-state index contributed by atoms with van der Waals surface area (Å²) < 4.78 is 13.6. The predicted molar refractivity (Wildman–Crippen MR) is 66.0 cm³/mol. The van der Waals surface area contributed by atoms with Crippen LogP contribution in [0.2, 0.25) is 0 Å². The Labute approximate surface area is 98.9 Å². The average Bonchev–Trinajstić information content (AvgIpc) is 2.33. The summed E-state index contributed by atoms with van der Waals surface area (Å²) in [6, 6.07) is 6.71. The number of rotatable bonds is 3. The van der Waals surface area contributed by atoms with Crippen molar-refractivity contribution in [1.82, 2.24) is 9.97 Å². The first kappa shape index (κ1) is 11.3. The molecule has 0 aliphatic rings. The normalized spacial score (nSPS) is 10.1. The highest BCUT2D eigenvalue weighted by Crippen LogP contribution is 2.20. The van der Waals surface area contributed by atoms with Crippen LogP contribution in [0.5, 0.6) is 0 Å². The van der Waals surface area contributed by atoms with Crippen molar-refractivity contribution in [2.75, 3.05) is 17.7 Å². The van der Waals surface area contributed by atoms with E-state index in [1.807, 2.05) is 13.0 Å². The number of anilines is 3. The van der Waals surface area contributed by atoms with Crippen LogP contribution in [0.1, 0.15) is 5.56 Å². The van der Waals surface area contributed by atoms with Gasteiger partial charge in [0.1, 0.15) is 23.8 Å². The third-order valence-electron chi connectivity index (χ3n) is 2.31. The van der Waals surface area contributed by atoms with Crippen LogP contribution >= 0.6 is 0 Å². The molecule has 4 nitrogen and oxygen atoms in total. The first-order valence-corrected chi connectivity index (χ1v) is 5.22. The second-order valence-electron chi connectivity index (χ2n) is 3.65. The van der Waals surface area contributed by atoms with Gasteiger partial charge in [-0.15, -0.1) is 0 Å². The molecule has 0 spiro atoms. The van der Waals surface area contributed by atoms with Gasteiger partial charge in [0.05, 0.1) is 5.69 Å². The van der Waals surface area contributed by atoms with Crippen LogP contribution in [-0.4, -0.2) is 17.0 Å². The lowest BCUT2D eigenvalue weighted by molar-refractivity contribution is 0.630. The minimum absolute atomic E-state index is 0.297. The van der Waals surface area contributed by atoms with Crippen LogP contribution < -0.4 is 10.6 Å². The lowest BCUT2D eigenvalue weighted by atomic mass is 10.2. The zero-order valence-corrected chi connectivity index (χ0v) is 9.66. The van der Waals surface area contributed by atoms with E-state index >= 15 is 0 Å². The number of nitrogens with one attached hydrogen (secondary N) is 2. The number of nitrogens with zero attached hydrogens (tertiary/aromatic N) is 2. The quantitative estimate of drug-likeness (QED) is 0.854. The highest BCUT2D eigenvalue weighted by molar-refractivity contribution is 5.59. The maximum absolute atomic E-state index is 13.6. The zero-order chi connectivity index (χ0) is 12.3. The standard InChI is InChI=1S/C12H13FN4/c1-8-3-4-10(9(13)5-8)17-12-6-11(14-2)15-7-16-12/h3-7H,1-2H3,(H2,14,15,16,17). The van der Waals surface area contributed by atoms with Crippen LogP contribution in [0.15, 0.2) is 30.6 Å². The third-order valence-corrected chi connectivity index (χ3v) is 2.31. The Balaban J connectivity index is 2.25. The zero-order valence-electron chi connectivity index (χ0n) is 9.66. The molecule has 2 N–H and O–H groups in total. The predicted octanol–water partition coefficient (Wildman–Crippen LogP) is 2.71. The number of hydrogen-bond donors (Lipinski definition) is 2. The fourth-order valence-corrected chi connectivity index (χ4v) is 1.42. The highest BCUT2D eigenvalue weighted by Gasteiger charge is 2.03. The Morgan fingerprint density at radius 2 is 1.88 bits per heavy atom. The number of halogens is 1. The van der Waals surface area contributed by atoms with Crippen LogP contribution in [0.3, 0.4) is 0 Å². The molecule has 5 heteroatoms. The maximum atomic E-state index is 13.6. The summed E-state index contributed by atoms with van der Waals surface area (Å²) in [6.07, 6.45) is 1.42. The van der Waals surface area contributed by atoms with Crippen molar-refractivity contribution in [2.24, 2.45) is 0 Å². The molecule has 17 heavy (non-hydrogen) atoms. The molecule has 2 rings (SSSR count). The van der Waals surface area contributed by atoms with Gasteiger partial charge in [0.15, 0.2) is 0 Å². The fraction of sp³-hybridized carbons (Fsp3) is 0.167. The molecule has 0 aliphatic carbocycles. The van der Waals surface area contributed by atoms with Gasteiger partial charge in [-0.2, -0.15) is 0 Å². The molecule has 1 aromatic carbocycles. The number of benzene rings is 1. The first-order valence-electron chi connectivity index (χ1n) is 5.22. The summed E-state index contributed by atoms with van der Waals surface area (Å²) in [5, 5.41) is 5.80. The van der Waals surface area contributed by atoms with Crippen molar-refractivity contribution >= 4 is 17.3 Å². The molecule has 1 aromatic heterocycles. The minimum Gasteiger partial charge on any atom is -0.373 e. The molecular formula is C12H13FN4. The summed E-state index contributed by atoms with van der Waals surface area (Å²) in [5.41, 5.74) is 1.28. The Morgan fingerprint density at radius 3 is 2.59 bits per heavy atom. The van der Waals surface area contributed by atoms with E-state index in [1.165, 1.54) is 12.4 Å². The van der Waals surface area contributed by atoms with E-state index in [0.29, 0.717) is 17.3 Å². The lowest BCUT2D eigenvalue weighted by Crippen LogP contribution is -1.99. The van der Waals surface area contributed by atoms with Gasteiger partial charge in [-0.1, -0.05) is 6.07 Å². The largest absolute Gasteiger partial charge is 0.373 e. The molecule has 0 saturated heterocycles. The SMILES string of the molecule is CNc1cc(Nc2ccc(C)cc2F)ncn1. The molecule has 0 aliphatic heterocycles. The van der Waals surface area contributed by atoms with E-state index in [9.17, 15) is 4.39 Å². The fourth-order valence-electron chi connectivity index (χ4n) is 1.42. The monoisotopic (exact) mass is 232 g/mol. The molecule has 0 bridgehead atoms. The van der Waals surface area contributed by atoms with Gasteiger partial charge >= 0.3 is 0 Å². The lowest BCUT2D eigenvalue weighted by Gasteiger charge is -2.08. The van der Waals surface area contributed by atoms with E-state index in [0.717, 1.165) is 5.56 Å². The molecule has 88 valence electrons. The molecule has 0 radical (unpaired) electrons. The summed E-state index contributed by atoms with van der Waals surface area (Å²) >= 11 is 0. The highest BCUT2D eigenvalue weighted by atomic mass is 19.1. The van der Waals surface area contributed by atoms with Crippen molar-refractivity contribution in [1.29, 1.82) is 0 Å². The summed E-state index contributed by atoms with van der Waals surface area (Å²) in [4.78, 5) is 8.00. The summed E-state index contributed by atoms with van der Waals surface area (Å²) in [5.74, 6) is 0.928. The van der Waals surface area contributed by atoms with Gasteiger partial charge in [-0.25, -0.2) is 14.4 Å². The molecule has 0 atom stereocenters. The van der Waals surface area contributed by atoms with Gasteiger partial charge in [-0.05, 0) is 24.6 Å². The topological polar surface area (TPSA) is 49.8 Å². The Bertz CT molecular complexity index is 528. The van der Waals surface area contributed by atoms with Crippen molar-refractivity contribution in [3.63, 3.8) is 0 Å². The Hall–Kier alpha value is -2.17. The summed E-state index contributed by atoms with van der Waals surface area (Å²) in [7, 11) is 1.76. The van der Waals surface area contributed by atoms with E-state index in [4.69, 9.17) is 0 Å². The van der Waals surface area contributed by atoms with E-state index in [-0.39, 0.29) is 5.82 Å². The van der Waals surface area contributed by atoms with E-state index in [1.54, 1.807) is 19.2 Å². The number of aromatic nitrogens is 2. The Morgan fingerprint density at radius 1 is 1.12 bits per heavy atom. The van der Waals surface area contributed by atoms with E-state index in [2.05, 4.69) is 20.6 Å². The molecule has 0 amide bonds. The molecule has 0 fully saturated rings. The first-order chi connectivity index (χ1) is 8.19. The van der Waals surface area contributed by atoms with Crippen LogP contribution in [0.4, 0.5) is 21.7 Å². The van der Waals surface area contributed by atoms with Crippen molar-refractivity contribution in [3.05, 3.63) is 42.0 Å². The van der Waals surface area contributed by atoms with Crippen LogP contribution in [-0.2, 0) is 0 Å². The van der Waals surface area contributed by atoms with Gasteiger partial charge in [-0.3, -0.25) is 0 Å². The van der Waals surface area contributed by atoms with Crippen LogP contribution in [0.25, 0.3) is 0 Å². The molecule has 0 saturated carbocycles. The van der Waals surface area contributed by atoms with Crippen molar-refractivity contribution < 1.29 is 4.39 Å². The van der Waals surface area contributed by atoms with Crippen molar-refractivity contribution in [3.8, 4) is 0 Å². The summed E-state index contributed by atoms with van der Waals surface area (Å²) in [6.45, 7) is 1.84. The smallest absolute Gasteiger partial charge is 0.146 e. The van der Waals surface area contributed by atoms with Gasteiger partial charge in [0.2, 0.25) is 0 Å². The molecular weight excluding hydrogens is 219 g/mol. The third kappa shape index (κ3) is 2.69. The number of aryl methyl sites for hydroxylation is 1.